The molecule has 94 valence electrons. The molecule has 2 rings (SSSR count). The van der Waals surface area contributed by atoms with Crippen LogP contribution in [0.4, 0.5) is 4.39 Å². The van der Waals surface area contributed by atoms with Crippen molar-refractivity contribution in [2.45, 2.75) is 44.6 Å². The summed E-state index contributed by atoms with van der Waals surface area (Å²) in [4.78, 5) is 0. The van der Waals surface area contributed by atoms with Crippen molar-refractivity contribution in [2.75, 3.05) is 0 Å². The van der Waals surface area contributed by atoms with Gasteiger partial charge in [-0.1, -0.05) is 43.4 Å². The summed E-state index contributed by atoms with van der Waals surface area (Å²) in [5, 5.41) is 0.492. The largest absolute Gasteiger partial charge is 0.327 e. The van der Waals surface area contributed by atoms with Gasteiger partial charge in [-0.2, -0.15) is 0 Å². The molecule has 0 radical (unpaired) electrons. The maximum atomic E-state index is 13.6. The van der Waals surface area contributed by atoms with Gasteiger partial charge in [0.15, 0.2) is 0 Å². The molecular formula is C14H19ClFN. The Morgan fingerprint density at radius 2 is 2.06 bits per heavy atom. The summed E-state index contributed by atoms with van der Waals surface area (Å²) >= 11 is 5.99. The minimum atomic E-state index is -0.237. The van der Waals surface area contributed by atoms with Gasteiger partial charge in [-0.3, -0.25) is 0 Å². The molecule has 1 atom stereocenters. The first-order chi connectivity index (χ1) is 8.16. The predicted molar refractivity (Wildman–Crippen MR) is 69.7 cm³/mol. The fourth-order valence-corrected chi connectivity index (χ4v) is 2.99. The first kappa shape index (κ1) is 12.8. The number of halogens is 2. The average Bonchev–Trinajstić information content (AvgIpc) is 2.76. The maximum absolute atomic E-state index is 13.6. The number of hydrogen-bond donors (Lipinski definition) is 1. The number of nitrogens with two attached hydrogens (primary N) is 1. The smallest absolute Gasteiger partial charge is 0.127 e. The molecule has 0 heterocycles. The van der Waals surface area contributed by atoms with Gasteiger partial charge in [-0.05, 0) is 30.9 Å². The van der Waals surface area contributed by atoms with Crippen LogP contribution in [0.2, 0.25) is 5.02 Å². The maximum Gasteiger partial charge on any atom is 0.127 e. The molecule has 1 aliphatic rings. The molecule has 0 aromatic heterocycles. The van der Waals surface area contributed by atoms with Gasteiger partial charge in [-0.15, -0.1) is 0 Å². The molecule has 17 heavy (non-hydrogen) atoms. The predicted octanol–water partition coefficient (Wildman–Crippen LogP) is 3.93. The first-order valence-electron chi connectivity index (χ1n) is 6.35. The number of rotatable bonds is 4. The highest BCUT2D eigenvalue weighted by Crippen LogP contribution is 2.29. The van der Waals surface area contributed by atoms with Crippen molar-refractivity contribution in [1.29, 1.82) is 0 Å². The fraction of sp³-hybridized carbons (Fsp3) is 0.571. The topological polar surface area (TPSA) is 26.0 Å². The van der Waals surface area contributed by atoms with Gasteiger partial charge in [0.25, 0.3) is 0 Å². The third kappa shape index (κ3) is 3.43. The Balaban J connectivity index is 1.95. The molecule has 1 fully saturated rings. The van der Waals surface area contributed by atoms with Crippen molar-refractivity contribution in [3.63, 3.8) is 0 Å². The second kappa shape index (κ2) is 5.83. The van der Waals surface area contributed by atoms with E-state index in [0.29, 0.717) is 17.0 Å². The lowest BCUT2D eigenvalue weighted by Gasteiger charge is -2.17. The lowest BCUT2D eigenvalue weighted by Crippen LogP contribution is -2.26. The summed E-state index contributed by atoms with van der Waals surface area (Å²) < 4.78 is 13.6. The number of hydrogen-bond acceptors (Lipinski definition) is 1. The van der Waals surface area contributed by atoms with E-state index in [2.05, 4.69) is 0 Å². The van der Waals surface area contributed by atoms with Crippen LogP contribution in [0.5, 0.6) is 0 Å². The Labute approximate surface area is 107 Å². The zero-order valence-electron chi connectivity index (χ0n) is 9.96. The van der Waals surface area contributed by atoms with Crippen molar-refractivity contribution in [3.05, 3.63) is 34.6 Å². The normalized spacial score (nSPS) is 18.5. The summed E-state index contributed by atoms with van der Waals surface area (Å²) in [6, 6.07) is 4.82. The van der Waals surface area contributed by atoms with Gasteiger partial charge < -0.3 is 5.73 Å². The van der Waals surface area contributed by atoms with Crippen molar-refractivity contribution in [3.8, 4) is 0 Å². The molecule has 1 nitrogen and oxygen atoms in total. The van der Waals surface area contributed by atoms with Crippen LogP contribution in [0.1, 0.15) is 37.7 Å². The van der Waals surface area contributed by atoms with E-state index in [1.54, 1.807) is 12.1 Å². The average molecular weight is 256 g/mol. The van der Waals surface area contributed by atoms with Crippen LogP contribution in [-0.2, 0) is 6.42 Å². The van der Waals surface area contributed by atoms with Crippen LogP contribution in [0.25, 0.3) is 0 Å². The van der Waals surface area contributed by atoms with Crippen LogP contribution >= 0.6 is 11.6 Å². The Morgan fingerprint density at radius 3 is 2.71 bits per heavy atom. The van der Waals surface area contributed by atoms with E-state index in [1.807, 2.05) is 0 Å². The molecule has 0 saturated heterocycles. The van der Waals surface area contributed by atoms with Crippen molar-refractivity contribution < 1.29 is 4.39 Å². The van der Waals surface area contributed by atoms with Crippen LogP contribution in [0.15, 0.2) is 18.2 Å². The van der Waals surface area contributed by atoms with Gasteiger partial charge in [0.2, 0.25) is 0 Å². The third-order valence-corrected chi connectivity index (χ3v) is 3.99. The highest BCUT2D eigenvalue weighted by atomic mass is 35.5. The van der Waals surface area contributed by atoms with Gasteiger partial charge in [0, 0.05) is 16.6 Å². The highest BCUT2D eigenvalue weighted by Gasteiger charge is 2.19. The summed E-state index contributed by atoms with van der Waals surface area (Å²) in [5.74, 6) is 0.495. The van der Waals surface area contributed by atoms with E-state index in [-0.39, 0.29) is 11.9 Å². The molecule has 0 aliphatic heterocycles. The lowest BCUT2D eigenvalue weighted by molar-refractivity contribution is 0.436. The molecule has 0 spiro atoms. The summed E-state index contributed by atoms with van der Waals surface area (Å²) in [6.07, 6.45) is 6.72. The van der Waals surface area contributed by atoms with Crippen molar-refractivity contribution in [2.24, 2.45) is 11.7 Å². The molecule has 3 heteroatoms. The van der Waals surface area contributed by atoms with E-state index in [0.717, 1.165) is 12.3 Å². The second-order valence-electron chi connectivity index (χ2n) is 5.05. The van der Waals surface area contributed by atoms with E-state index in [1.165, 1.54) is 31.7 Å². The molecule has 0 bridgehead atoms. The monoisotopic (exact) mass is 255 g/mol. The SMILES string of the molecule is NC(Cc1c(F)cccc1Cl)CC1CCCC1. The quantitative estimate of drug-likeness (QED) is 0.867. The zero-order valence-corrected chi connectivity index (χ0v) is 10.7. The minimum Gasteiger partial charge on any atom is -0.327 e. The van der Waals surface area contributed by atoms with E-state index < -0.39 is 0 Å². The minimum absolute atomic E-state index is 0.0208. The first-order valence-corrected chi connectivity index (χ1v) is 6.73. The van der Waals surface area contributed by atoms with E-state index in [9.17, 15) is 4.39 Å². The molecule has 1 aliphatic carbocycles. The van der Waals surface area contributed by atoms with Crippen LogP contribution < -0.4 is 5.73 Å². The molecule has 1 aromatic rings. The van der Waals surface area contributed by atoms with Gasteiger partial charge in [0.1, 0.15) is 5.82 Å². The molecule has 0 amide bonds. The zero-order chi connectivity index (χ0) is 12.3. The van der Waals surface area contributed by atoms with E-state index >= 15 is 0 Å². The molecular weight excluding hydrogens is 237 g/mol. The summed E-state index contributed by atoms with van der Waals surface area (Å²) in [5.41, 5.74) is 6.67. The molecule has 1 aromatic carbocycles. The van der Waals surface area contributed by atoms with Gasteiger partial charge >= 0.3 is 0 Å². The standard InChI is InChI=1S/C14H19ClFN/c15-13-6-3-7-14(16)12(13)9-11(17)8-10-4-1-2-5-10/h3,6-7,10-11H,1-2,4-5,8-9,17H2. The number of benzene rings is 1. The second-order valence-corrected chi connectivity index (χ2v) is 5.46. The summed E-state index contributed by atoms with van der Waals surface area (Å²) in [6.45, 7) is 0. The van der Waals surface area contributed by atoms with Crippen LogP contribution in [-0.4, -0.2) is 6.04 Å². The van der Waals surface area contributed by atoms with Gasteiger partial charge in [-0.25, -0.2) is 4.39 Å². The Hall–Kier alpha value is -0.600. The molecule has 2 N–H and O–H groups in total. The van der Waals surface area contributed by atoms with Crippen LogP contribution in [0, 0.1) is 11.7 Å². The van der Waals surface area contributed by atoms with E-state index in [4.69, 9.17) is 17.3 Å². The Kier molecular flexibility index (Phi) is 4.41. The molecule has 1 unspecified atom stereocenters. The lowest BCUT2D eigenvalue weighted by atomic mass is 9.94. The van der Waals surface area contributed by atoms with Crippen LogP contribution in [0.3, 0.4) is 0 Å². The van der Waals surface area contributed by atoms with Crippen molar-refractivity contribution >= 4 is 11.6 Å². The Morgan fingerprint density at radius 1 is 1.35 bits per heavy atom. The van der Waals surface area contributed by atoms with Gasteiger partial charge in [0.05, 0.1) is 0 Å². The fourth-order valence-electron chi connectivity index (χ4n) is 2.75. The van der Waals surface area contributed by atoms with Crippen molar-refractivity contribution in [1.82, 2.24) is 0 Å². The highest BCUT2D eigenvalue weighted by molar-refractivity contribution is 6.31. The Bertz CT molecular complexity index is 354. The third-order valence-electron chi connectivity index (χ3n) is 3.64. The molecule has 1 saturated carbocycles. The summed E-state index contributed by atoms with van der Waals surface area (Å²) in [7, 11) is 0.